The summed E-state index contributed by atoms with van der Waals surface area (Å²) in [6.45, 7) is 8.64. The molecule has 1 heterocycles. The van der Waals surface area contributed by atoms with Gasteiger partial charge >= 0.3 is 6.09 Å². The molecule has 4 nitrogen and oxygen atoms in total. The van der Waals surface area contributed by atoms with Crippen LogP contribution in [0, 0.1) is 5.92 Å². The second-order valence-corrected chi connectivity index (χ2v) is 7.31. The molecule has 1 N–H and O–H groups in total. The summed E-state index contributed by atoms with van der Waals surface area (Å²) in [5.74, 6) is 0.650. The summed E-state index contributed by atoms with van der Waals surface area (Å²) >= 11 is 0. The highest BCUT2D eigenvalue weighted by Crippen LogP contribution is 2.23. The summed E-state index contributed by atoms with van der Waals surface area (Å²) < 4.78 is 5.47. The number of likely N-dealkylation sites (tertiary alicyclic amines) is 1. The summed E-state index contributed by atoms with van der Waals surface area (Å²) in [6.07, 6.45) is 7.38. The average molecular weight is 282 g/mol. The van der Waals surface area contributed by atoms with E-state index in [1.54, 1.807) is 0 Å². The fourth-order valence-corrected chi connectivity index (χ4v) is 2.78. The molecule has 0 spiro atoms. The predicted octanol–water partition coefficient (Wildman–Crippen LogP) is 3.17. The summed E-state index contributed by atoms with van der Waals surface area (Å²) in [7, 11) is 0. The second kappa shape index (κ2) is 6.79. The minimum Gasteiger partial charge on any atom is -0.444 e. The van der Waals surface area contributed by atoms with Crippen LogP contribution in [0.15, 0.2) is 0 Å². The largest absolute Gasteiger partial charge is 0.444 e. The van der Waals surface area contributed by atoms with Crippen molar-refractivity contribution in [3.63, 3.8) is 0 Å². The lowest BCUT2D eigenvalue weighted by Gasteiger charge is -2.34. The van der Waals surface area contributed by atoms with Gasteiger partial charge in [0.15, 0.2) is 0 Å². The number of carbonyl (C=O) groups excluding carboxylic acids is 1. The Bertz CT molecular complexity index is 321. The van der Waals surface area contributed by atoms with Gasteiger partial charge in [-0.1, -0.05) is 0 Å². The van der Waals surface area contributed by atoms with Crippen molar-refractivity contribution in [1.82, 2.24) is 10.2 Å². The van der Waals surface area contributed by atoms with Crippen LogP contribution in [0.5, 0.6) is 0 Å². The summed E-state index contributed by atoms with van der Waals surface area (Å²) in [5.41, 5.74) is -0.391. The Labute approximate surface area is 123 Å². The van der Waals surface area contributed by atoms with Gasteiger partial charge < -0.3 is 15.0 Å². The minimum absolute atomic E-state index is 0.140. The normalized spacial score (nSPS) is 23.8. The molecular weight excluding hydrogens is 252 g/mol. The number of nitrogens with one attached hydrogen (secondary N) is 1. The summed E-state index contributed by atoms with van der Waals surface area (Å²) in [6, 6.07) is 0.805. The highest BCUT2D eigenvalue weighted by Gasteiger charge is 2.27. The number of hydrogen-bond donors (Lipinski definition) is 1. The lowest BCUT2D eigenvalue weighted by Crippen LogP contribution is -2.43. The van der Waals surface area contributed by atoms with Crippen LogP contribution >= 0.6 is 0 Å². The fourth-order valence-electron chi connectivity index (χ4n) is 2.78. The van der Waals surface area contributed by atoms with Crippen molar-refractivity contribution in [2.75, 3.05) is 19.6 Å². The molecule has 1 saturated carbocycles. The van der Waals surface area contributed by atoms with Gasteiger partial charge in [0.05, 0.1) is 0 Å². The molecular formula is C16H30N2O2. The number of rotatable bonds is 5. The van der Waals surface area contributed by atoms with Crippen molar-refractivity contribution >= 4 is 6.09 Å². The number of amides is 1. The zero-order chi connectivity index (χ0) is 14.6. The Morgan fingerprint density at radius 2 is 2.05 bits per heavy atom. The highest BCUT2D eigenvalue weighted by molar-refractivity contribution is 5.68. The molecule has 0 unspecified atom stereocenters. The second-order valence-electron chi connectivity index (χ2n) is 7.31. The summed E-state index contributed by atoms with van der Waals surface area (Å²) in [4.78, 5) is 14.0. The zero-order valence-corrected chi connectivity index (χ0v) is 13.3. The molecule has 0 aromatic rings. The molecule has 0 aromatic carbocycles. The van der Waals surface area contributed by atoms with E-state index in [-0.39, 0.29) is 6.09 Å². The third-order valence-corrected chi connectivity index (χ3v) is 3.97. The first-order valence-electron chi connectivity index (χ1n) is 8.15. The third kappa shape index (κ3) is 5.70. The Kier molecular flexibility index (Phi) is 5.30. The van der Waals surface area contributed by atoms with Crippen LogP contribution in [0.4, 0.5) is 4.79 Å². The van der Waals surface area contributed by atoms with E-state index in [1.807, 2.05) is 25.7 Å². The third-order valence-electron chi connectivity index (χ3n) is 3.97. The smallest absolute Gasteiger partial charge is 0.410 e. The highest BCUT2D eigenvalue weighted by atomic mass is 16.6. The van der Waals surface area contributed by atoms with Crippen LogP contribution in [-0.2, 0) is 4.74 Å². The Balaban J connectivity index is 1.66. The van der Waals surface area contributed by atoms with Crippen molar-refractivity contribution in [1.29, 1.82) is 0 Å². The van der Waals surface area contributed by atoms with E-state index < -0.39 is 5.60 Å². The molecule has 2 aliphatic rings. The molecule has 2 rings (SSSR count). The maximum absolute atomic E-state index is 12.1. The van der Waals surface area contributed by atoms with Crippen molar-refractivity contribution in [3.8, 4) is 0 Å². The number of nitrogens with zero attached hydrogens (tertiary/aromatic N) is 1. The SMILES string of the molecule is CC(C)(C)OC(=O)N1CCC[C@H](CCCNC2CC2)C1. The van der Waals surface area contributed by atoms with Crippen LogP contribution in [0.3, 0.4) is 0 Å². The Morgan fingerprint density at radius 3 is 2.70 bits per heavy atom. The molecule has 20 heavy (non-hydrogen) atoms. The summed E-state index contributed by atoms with van der Waals surface area (Å²) in [5, 5.41) is 3.56. The van der Waals surface area contributed by atoms with E-state index in [0.717, 1.165) is 32.1 Å². The van der Waals surface area contributed by atoms with E-state index in [2.05, 4.69) is 5.32 Å². The number of piperidine rings is 1. The van der Waals surface area contributed by atoms with E-state index >= 15 is 0 Å². The molecule has 0 radical (unpaired) electrons. The van der Waals surface area contributed by atoms with Crippen molar-refractivity contribution in [2.45, 2.75) is 70.9 Å². The van der Waals surface area contributed by atoms with Gasteiger partial charge in [-0.25, -0.2) is 4.79 Å². The van der Waals surface area contributed by atoms with Crippen molar-refractivity contribution in [2.24, 2.45) is 5.92 Å². The van der Waals surface area contributed by atoms with Crippen LogP contribution in [0.1, 0.15) is 59.3 Å². The topological polar surface area (TPSA) is 41.6 Å². The lowest BCUT2D eigenvalue weighted by molar-refractivity contribution is 0.0161. The molecule has 4 heteroatoms. The molecule has 0 bridgehead atoms. The number of hydrogen-bond acceptors (Lipinski definition) is 3. The van der Waals surface area contributed by atoms with Crippen molar-refractivity contribution in [3.05, 3.63) is 0 Å². The molecule has 1 aliphatic carbocycles. The molecule has 2 fully saturated rings. The van der Waals surface area contributed by atoms with Gasteiger partial charge in [0.25, 0.3) is 0 Å². The van der Waals surface area contributed by atoms with Gasteiger partial charge in [0.1, 0.15) is 5.60 Å². The fraction of sp³-hybridized carbons (Fsp3) is 0.938. The zero-order valence-electron chi connectivity index (χ0n) is 13.3. The lowest BCUT2D eigenvalue weighted by atomic mass is 9.93. The standard InChI is InChI=1S/C16H30N2O2/c1-16(2,3)20-15(19)18-11-5-7-13(12-18)6-4-10-17-14-8-9-14/h13-14,17H,4-12H2,1-3H3/t13-/m0/s1. The average Bonchev–Trinajstić information content (AvgIpc) is 3.17. The predicted molar refractivity (Wildman–Crippen MR) is 80.8 cm³/mol. The van der Waals surface area contributed by atoms with Gasteiger partial charge in [-0.05, 0) is 71.8 Å². The monoisotopic (exact) mass is 282 g/mol. The number of carbonyl (C=O) groups is 1. The first kappa shape index (κ1) is 15.6. The minimum atomic E-state index is -0.391. The van der Waals surface area contributed by atoms with E-state index in [4.69, 9.17) is 4.74 Å². The van der Waals surface area contributed by atoms with Crippen LogP contribution in [0.2, 0.25) is 0 Å². The molecule has 1 aliphatic heterocycles. The first-order chi connectivity index (χ1) is 9.44. The maximum Gasteiger partial charge on any atom is 0.410 e. The first-order valence-corrected chi connectivity index (χ1v) is 8.15. The maximum atomic E-state index is 12.1. The van der Waals surface area contributed by atoms with Gasteiger partial charge in [-0.15, -0.1) is 0 Å². The van der Waals surface area contributed by atoms with Crippen LogP contribution in [0.25, 0.3) is 0 Å². The molecule has 1 saturated heterocycles. The van der Waals surface area contributed by atoms with Crippen LogP contribution < -0.4 is 5.32 Å². The quantitative estimate of drug-likeness (QED) is 0.788. The van der Waals surface area contributed by atoms with Gasteiger partial charge in [0, 0.05) is 19.1 Å². The van der Waals surface area contributed by atoms with E-state index in [0.29, 0.717) is 5.92 Å². The van der Waals surface area contributed by atoms with Gasteiger partial charge in [-0.3, -0.25) is 0 Å². The molecule has 1 atom stereocenters. The molecule has 0 aromatic heterocycles. The molecule has 116 valence electrons. The van der Waals surface area contributed by atoms with E-state index in [9.17, 15) is 4.79 Å². The molecule has 1 amide bonds. The Hall–Kier alpha value is -0.770. The van der Waals surface area contributed by atoms with E-state index in [1.165, 1.54) is 32.1 Å². The van der Waals surface area contributed by atoms with Crippen LogP contribution in [-0.4, -0.2) is 42.3 Å². The van der Waals surface area contributed by atoms with Gasteiger partial charge in [-0.2, -0.15) is 0 Å². The number of ether oxygens (including phenoxy) is 1. The van der Waals surface area contributed by atoms with Gasteiger partial charge in [0.2, 0.25) is 0 Å². The van der Waals surface area contributed by atoms with Crippen molar-refractivity contribution < 1.29 is 9.53 Å². The Morgan fingerprint density at radius 1 is 1.30 bits per heavy atom.